The largest absolute Gasteiger partial charge is 0.469 e. The minimum Gasteiger partial charge on any atom is -0.469 e. The van der Waals surface area contributed by atoms with Gasteiger partial charge in [0.2, 0.25) is 0 Å². The van der Waals surface area contributed by atoms with Gasteiger partial charge in [-0.05, 0) is 58.1 Å². The molecule has 0 amide bonds. The van der Waals surface area contributed by atoms with Gasteiger partial charge in [0.1, 0.15) is 11.5 Å². The molecule has 0 unspecified atom stereocenters. The molecule has 3 heteroatoms. The number of furan rings is 1. The first-order chi connectivity index (χ1) is 8.96. The van der Waals surface area contributed by atoms with Crippen LogP contribution < -0.4 is 0 Å². The van der Waals surface area contributed by atoms with Crippen molar-refractivity contribution in [1.29, 1.82) is 0 Å². The van der Waals surface area contributed by atoms with Gasteiger partial charge in [0.15, 0.2) is 0 Å². The molecule has 2 rings (SSSR count). The van der Waals surface area contributed by atoms with Crippen LogP contribution in [0, 0.1) is 11.8 Å². The van der Waals surface area contributed by atoms with Crippen molar-refractivity contribution < 1.29 is 13.9 Å². The van der Waals surface area contributed by atoms with Crippen molar-refractivity contribution in [2.24, 2.45) is 11.8 Å². The van der Waals surface area contributed by atoms with E-state index >= 15 is 0 Å². The van der Waals surface area contributed by atoms with Crippen LogP contribution in [0.4, 0.5) is 0 Å². The van der Waals surface area contributed by atoms with Crippen molar-refractivity contribution in [1.82, 2.24) is 0 Å². The fourth-order valence-corrected chi connectivity index (χ4v) is 3.03. The number of Topliss-reactive ketones (excluding diaryl/α,β-unsaturated/α-hetero) is 1. The van der Waals surface area contributed by atoms with Crippen molar-refractivity contribution in [2.75, 3.05) is 6.61 Å². The van der Waals surface area contributed by atoms with Crippen LogP contribution >= 0.6 is 0 Å². The van der Waals surface area contributed by atoms with Gasteiger partial charge >= 0.3 is 0 Å². The summed E-state index contributed by atoms with van der Waals surface area (Å²) < 4.78 is 11.1. The predicted octanol–water partition coefficient (Wildman–Crippen LogP) is 3.62. The highest BCUT2D eigenvalue weighted by atomic mass is 16.5. The highest BCUT2D eigenvalue weighted by molar-refractivity contribution is 5.78. The molecule has 0 bridgehead atoms. The van der Waals surface area contributed by atoms with Gasteiger partial charge in [0.25, 0.3) is 0 Å². The van der Waals surface area contributed by atoms with Gasteiger partial charge in [-0.3, -0.25) is 4.79 Å². The Morgan fingerprint density at radius 3 is 2.89 bits per heavy atom. The maximum atomic E-state index is 11.8. The third-order valence-electron chi connectivity index (χ3n) is 4.02. The van der Waals surface area contributed by atoms with Crippen molar-refractivity contribution in [3.8, 4) is 0 Å². The van der Waals surface area contributed by atoms with E-state index in [-0.39, 0.29) is 17.3 Å². The second-order valence-corrected chi connectivity index (χ2v) is 6.29. The number of carbonyl (C=O) groups excluding carboxylic acids is 1. The molecular weight excluding hydrogens is 240 g/mol. The third-order valence-corrected chi connectivity index (χ3v) is 4.02. The molecule has 1 aliphatic rings. The molecule has 2 heterocycles. The molecule has 1 aromatic rings. The van der Waals surface area contributed by atoms with Gasteiger partial charge in [-0.25, -0.2) is 0 Å². The van der Waals surface area contributed by atoms with Crippen LogP contribution in [-0.2, 0) is 16.0 Å². The Kier molecular flexibility index (Phi) is 4.46. The van der Waals surface area contributed by atoms with E-state index in [0.29, 0.717) is 5.92 Å². The maximum absolute atomic E-state index is 11.8. The molecule has 0 N–H and O–H groups in total. The molecule has 0 spiro atoms. The highest BCUT2D eigenvalue weighted by Gasteiger charge is 2.31. The van der Waals surface area contributed by atoms with E-state index in [0.717, 1.165) is 38.1 Å². The standard InChI is InChI=1S/C16H24O3/c1-12(17)14(10-15-5-4-7-18-15)9-13-6-8-19-16(2,3)11-13/h4-5,7,13-14H,6,8-11H2,1-3H3/t13-,14-/m0/s1. The van der Waals surface area contributed by atoms with Gasteiger partial charge < -0.3 is 9.15 Å². The number of hydrogen-bond donors (Lipinski definition) is 0. The first-order valence-electron chi connectivity index (χ1n) is 7.13. The van der Waals surface area contributed by atoms with Gasteiger partial charge in [-0.1, -0.05) is 0 Å². The highest BCUT2D eigenvalue weighted by Crippen LogP contribution is 2.33. The lowest BCUT2D eigenvalue weighted by atomic mass is 9.80. The molecule has 1 saturated heterocycles. The Balaban J connectivity index is 1.95. The Morgan fingerprint density at radius 1 is 1.53 bits per heavy atom. The minimum atomic E-state index is -0.0467. The van der Waals surface area contributed by atoms with E-state index in [4.69, 9.17) is 9.15 Å². The second kappa shape index (κ2) is 5.91. The van der Waals surface area contributed by atoms with Gasteiger partial charge in [0.05, 0.1) is 11.9 Å². The molecule has 1 aromatic heterocycles. The summed E-state index contributed by atoms with van der Waals surface area (Å²) in [6, 6.07) is 3.83. The van der Waals surface area contributed by atoms with Crippen molar-refractivity contribution in [2.45, 2.75) is 52.1 Å². The lowest BCUT2D eigenvalue weighted by Gasteiger charge is -2.36. The number of hydrogen-bond acceptors (Lipinski definition) is 3. The van der Waals surface area contributed by atoms with E-state index in [1.807, 2.05) is 12.1 Å². The van der Waals surface area contributed by atoms with Crippen LogP contribution in [0.1, 0.15) is 45.8 Å². The molecule has 1 fully saturated rings. The zero-order valence-corrected chi connectivity index (χ0v) is 12.1. The van der Waals surface area contributed by atoms with Crippen LogP contribution in [0.2, 0.25) is 0 Å². The molecule has 0 saturated carbocycles. The molecular formula is C16H24O3. The summed E-state index contributed by atoms with van der Waals surface area (Å²) in [5, 5.41) is 0. The van der Waals surface area contributed by atoms with Crippen LogP contribution in [-0.4, -0.2) is 18.0 Å². The van der Waals surface area contributed by atoms with Gasteiger partial charge in [-0.2, -0.15) is 0 Å². The first-order valence-corrected chi connectivity index (χ1v) is 7.13. The quantitative estimate of drug-likeness (QED) is 0.815. The Labute approximate surface area is 115 Å². The number of carbonyl (C=O) groups is 1. The van der Waals surface area contributed by atoms with Gasteiger partial charge in [-0.15, -0.1) is 0 Å². The zero-order valence-electron chi connectivity index (χ0n) is 12.1. The molecule has 106 valence electrons. The van der Waals surface area contributed by atoms with E-state index in [1.165, 1.54) is 0 Å². The smallest absolute Gasteiger partial charge is 0.133 e. The number of ketones is 1. The van der Waals surface area contributed by atoms with E-state index in [1.54, 1.807) is 13.2 Å². The molecule has 1 aliphatic heterocycles. The van der Waals surface area contributed by atoms with Crippen molar-refractivity contribution in [3.05, 3.63) is 24.2 Å². The summed E-state index contributed by atoms with van der Waals surface area (Å²) in [5.74, 6) is 1.82. The molecule has 0 radical (unpaired) electrons. The van der Waals surface area contributed by atoms with Crippen molar-refractivity contribution >= 4 is 5.78 Å². The molecule has 3 nitrogen and oxygen atoms in total. The van der Waals surface area contributed by atoms with E-state index < -0.39 is 0 Å². The molecule has 19 heavy (non-hydrogen) atoms. The van der Waals surface area contributed by atoms with Crippen LogP contribution in [0.25, 0.3) is 0 Å². The van der Waals surface area contributed by atoms with Crippen LogP contribution in [0.15, 0.2) is 22.8 Å². The lowest BCUT2D eigenvalue weighted by Crippen LogP contribution is -2.35. The predicted molar refractivity (Wildman–Crippen MR) is 74.0 cm³/mol. The normalized spacial score (nSPS) is 24.1. The average Bonchev–Trinajstić information content (AvgIpc) is 2.79. The third kappa shape index (κ3) is 4.20. The second-order valence-electron chi connectivity index (χ2n) is 6.29. The summed E-state index contributed by atoms with van der Waals surface area (Å²) in [6.07, 6.45) is 5.44. The van der Waals surface area contributed by atoms with Crippen LogP contribution in [0.3, 0.4) is 0 Å². The maximum Gasteiger partial charge on any atom is 0.133 e. The summed E-state index contributed by atoms with van der Waals surface area (Å²) in [5.41, 5.74) is -0.0467. The zero-order chi connectivity index (χ0) is 13.9. The summed E-state index contributed by atoms with van der Waals surface area (Å²) in [6.45, 7) is 6.77. The Hall–Kier alpha value is -1.09. The summed E-state index contributed by atoms with van der Waals surface area (Å²) in [4.78, 5) is 11.8. The summed E-state index contributed by atoms with van der Waals surface area (Å²) in [7, 11) is 0. The van der Waals surface area contributed by atoms with E-state index in [2.05, 4.69) is 13.8 Å². The van der Waals surface area contributed by atoms with Crippen LogP contribution in [0.5, 0.6) is 0 Å². The number of ether oxygens (including phenoxy) is 1. The topological polar surface area (TPSA) is 39.4 Å². The monoisotopic (exact) mass is 264 g/mol. The molecule has 0 aromatic carbocycles. The molecule has 2 atom stereocenters. The minimum absolute atomic E-state index is 0.0467. The SMILES string of the molecule is CC(=O)[C@H](Cc1ccco1)C[C@@H]1CCOC(C)(C)C1. The fraction of sp³-hybridized carbons (Fsp3) is 0.688. The number of rotatable bonds is 5. The summed E-state index contributed by atoms with van der Waals surface area (Å²) >= 11 is 0. The fourth-order valence-electron chi connectivity index (χ4n) is 3.03. The van der Waals surface area contributed by atoms with E-state index in [9.17, 15) is 4.79 Å². The molecule has 0 aliphatic carbocycles. The Morgan fingerprint density at radius 2 is 2.32 bits per heavy atom. The van der Waals surface area contributed by atoms with Gasteiger partial charge in [0, 0.05) is 18.9 Å². The van der Waals surface area contributed by atoms with Crippen molar-refractivity contribution in [3.63, 3.8) is 0 Å². The first kappa shape index (κ1) is 14.3. The lowest BCUT2D eigenvalue weighted by molar-refractivity contribution is -0.122. The average molecular weight is 264 g/mol. The Bertz CT molecular complexity index is 406.